The quantitative estimate of drug-likeness (QED) is 0.741. The first kappa shape index (κ1) is 13.1. The van der Waals surface area contributed by atoms with Crippen molar-refractivity contribution >= 4 is 33.8 Å². The summed E-state index contributed by atoms with van der Waals surface area (Å²) in [6.45, 7) is 1.99. The first-order valence-corrected chi connectivity index (χ1v) is 6.46. The van der Waals surface area contributed by atoms with E-state index in [0.717, 1.165) is 16.3 Å². The number of halogens is 2. The SMILES string of the molecule is Cc1ccc(Oc2cc(Cl)ccc2C=O)c(Br)c1. The number of aldehydes is 1. The molecule has 0 heterocycles. The summed E-state index contributed by atoms with van der Waals surface area (Å²) >= 11 is 9.32. The zero-order valence-electron chi connectivity index (χ0n) is 9.61. The number of hydrogen-bond acceptors (Lipinski definition) is 2. The molecule has 4 heteroatoms. The Morgan fingerprint density at radius 3 is 2.61 bits per heavy atom. The lowest BCUT2D eigenvalue weighted by molar-refractivity contribution is 0.112. The van der Waals surface area contributed by atoms with E-state index in [4.69, 9.17) is 16.3 Å². The molecule has 0 bridgehead atoms. The minimum Gasteiger partial charge on any atom is -0.455 e. The van der Waals surface area contributed by atoms with Gasteiger partial charge in [-0.2, -0.15) is 0 Å². The largest absolute Gasteiger partial charge is 0.455 e. The molecule has 0 saturated heterocycles. The van der Waals surface area contributed by atoms with Gasteiger partial charge in [0.15, 0.2) is 6.29 Å². The van der Waals surface area contributed by atoms with Gasteiger partial charge in [-0.25, -0.2) is 0 Å². The summed E-state index contributed by atoms with van der Waals surface area (Å²) in [6, 6.07) is 10.6. The molecule has 0 spiro atoms. The summed E-state index contributed by atoms with van der Waals surface area (Å²) in [5.41, 5.74) is 1.59. The Labute approximate surface area is 119 Å². The van der Waals surface area contributed by atoms with E-state index >= 15 is 0 Å². The molecule has 2 aromatic carbocycles. The number of aryl methyl sites for hydroxylation is 1. The van der Waals surface area contributed by atoms with Crippen molar-refractivity contribution in [3.63, 3.8) is 0 Å². The van der Waals surface area contributed by atoms with Crippen molar-refractivity contribution in [1.82, 2.24) is 0 Å². The number of carbonyl (C=O) groups is 1. The van der Waals surface area contributed by atoms with Crippen LogP contribution in [0.2, 0.25) is 5.02 Å². The van der Waals surface area contributed by atoms with Crippen LogP contribution in [0.5, 0.6) is 11.5 Å². The highest BCUT2D eigenvalue weighted by Gasteiger charge is 2.08. The lowest BCUT2D eigenvalue weighted by atomic mass is 10.2. The third-order valence-corrected chi connectivity index (χ3v) is 3.26. The fraction of sp³-hybridized carbons (Fsp3) is 0.0714. The predicted octanol–water partition coefficient (Wildman–Crippen LogP) is 5.02. The van der Waals surface area contributed by atoms with Crippen LogP contribution in [0.15, 0.2) is 40.9 Å². The molecule has 0 unspecified atom stereocenters. The van der Waals surface area contributed by atoms with E-state index in [9.17, 15) is 4.79 Å². The van der Waals surface area contributed by atoms with E-state index in [1.54, 1.807) is 18.2 Å². The van der Waals surface area contributed by atoms with Gasteiger partial charge in [-0.1, -0.05) is 17.7 Å². The Balaban J connectivity index is 2.39. The third kappa shape index (κ3) is 2.92. The highest BCUT2D eigenvalue weighted by molar-refractivity contribution is 9.10. The summed E-state index contributed by atoms with van der Waals surface area (Å²) < 4.78 is 6.54. The second-order valence-corrected chi connectivity index (χ2v) is 5.13. The molecule has 92 valence electrons. The molecular weight excluding hydrogens is 316 g/mol. The van der Waals surface area contributed by atoms with Gasteiger partial charge in [-0.3, -0.25) is 4.79 Å². The summed E-state index contributed by atoms with van der Waals surface area (Å²) in [6.07, 6.45) is 0.744. The van der Waals surface area contributed by atoms with Crippen molar-refractivity contribution in [3.8, 4) is 11.5 Å². The molecule has 0 N–H and O–H groups in total. The summed E-state index contributed by atoms with van der Waals surface area (Å²) in [5, 5.41) is 0.527. The lowest BCUT2D eigenvalue weighted by Gasteiger charge is -2.10. The average Bonchev–Trinajstić information content (AvgIpc) is 2.33. The molecule has 18 heavy (non-hydrogen) atoms. The van der Waals surface area contributed by atoms with Crippen LogP contribution in [0.4, 0.5) is 0 Å². The van der Waals surface area contributed by atoms with Crippen LogP contribution >= 0.6 is 27.5 Å². The summed E-state index contributed by atoms with van der Waals surface area (Å²) in [5.74, 6) is 1.09. The van der Waals surface area contributed by atoms with E-state index in [-0.39, 0.29) is 0 Å². The van der Waals surface area contributed by atoms with Crippen LogP contribution in [0.3, 0.4) is 0 Å². The van der Waals surface area contributed by atoms with Gasteiger partial charge in [0.1, 0.15) is 11.5 Å². The monoisotopic (exact) mass is 324 g/mol. The van der Waals surface area contributed by atoms with Gasteiger partial charge in [-0.05, 0) is 52.7 Å². The average molecular weight is 326 g/mol. The molecule has 2 aromatic rings. The van der Waals surface area contributed by atoms with Crippen LogP contribution in [0.1, 0.15) is 15.9 Å². The van der Waals surface area contributed by atoms with Crippen molar-refractivity contribution in [3.05, 3.63) is 57.0 Å². The maximum Gasteiger partial charge on any atom is 0.153 e. The van der Waals surface area contributed by atoms with Crippen LogP contribution in [-0.2, 0) is 0 Å². The van der Waals surface area contributed by atoms with Crippen molar-refractivity contribution < 1.29 is 9.53 Å². The predicted molar refractivity (Wildman–Crippen MR) is 75.8 cm³/mol. The Morgan fingerprint density at radius 2 is 1.94 bits per heavy atom. The molecule has 2 rings (SSSR count). The summed E-state index contributed by atoms with van der Waals surface area (Å²) in [7, 11) is 0. The van der Waals surface area contributed by atoms with Crippen LogP contribution < -0.4 is 4.74 Å². The highest BCUT2D eigenvalue weighted by atomic mass is 79.9. The second kappa shape index (κ2) is 5.55. The maximum atomic E-state index is 10.9. The van der Waals surface area contributed by atoms with Crippen LogP contribution in [-0.4, -0.2) is 6.29 Å². The first-order chi connectivity index (χ1) is 8.60. The zero-order valence-corrected chi connectivity index (χ0v) is 12.0. The number of benzene rings is 2. The first-order valence-electron chi connectivity index (χ1n) is 5.29. The summed E-state index contributed by atoms with van der Waals surface area (Å²) in [4.78, 5) is 10.9. The number of hydrogen-bond donors (Lipinski definition) is 0. The van der Waals surface area contributed by atoms with E-state index in [1.807, 2.05) is 25.1 Å². The molecule has 0 radical (unpaired) electrons. The fourth-order valence-corrected chi connectivity index (χ4v) is 2.24. The number of carbonyl (C=O) groups excluding carboxylic acids is 1. The maximum absolute atomic E-state index is 10.9. The molecule has 0 saturated carbocycles. The molecule has 0 amide bonds. The van der Waals surface area contributed by atoms with Crippen molar-refractivity contribution in [2.75, 3.05) is 0 Å². The molecule has 0 aliphatic rings. The van der Waals surface area contributed by atoms with E-state index in [1.165, 1.54) is 0 Å². The van der Waals surface area contributed by atoms with Gasteiger partial charge < -0.3 is 4.74 Å². The fourth-order valence-electron chi connectivity index (χ4n) is 1.50. The van der Waals surface area contributed by atoms with Gasteiger partial charge in [0, 0.05) is 11.1 Å². The molecule has 0 atom stereocenters. The second-order valence-electron chi connectivity index (χ2n) is 3.84. The van der Waals surface area contributed by atoms with Gasteiger partial charge in [-0.15, -0.1) is 0 Å². The minimum atomic E-state index is 0.446. The van der Waals surface area contributed by atoms with Crippen molar-refractivity contribution in [1.29, 1.82) is 0 Å². The van der Waals surface area contributed by atoms with Crippen molar-refractivity contribution in [2.24, 2.45) is 0 Å². The van der Waals surface area contributed by atoms with Crippen molar-refractivity contribution in [2.45, 2.75) is 6.92 Å². The van der Waals surface area contributed by atoms with Gasteiger partial charge in [0.2, 0.25) is 0 Å². The van der Waals surface area contributed by atoms with Crippen LogP contribution in [0, 0.1) is 6.92 Å². The Hall–Kier alpha value is -1.32. The number of ether oxygens (including phenoxy) is 1. The van der Waals surface area contributed by atoms with Crippen LogP contribution in [0.25, 0.3) is 0 Å². The molecule has 2 nitrogen and oxygen atoms in total. The van der Waals surface area contributed by atoms with Gasteiger partial charge >= 0.3 is 0 Å². The molecular formula is C14H10BrClO2. The lowest BCUT2D eigenvalue weighted by Crippen LogP contribution is -1.91. The minimum absolute atomic E-state index is 0.446. The van der Waals surface area contributed by atoms with E-state index in [0.29, 0.717) is 22.1 Å². The molecule has 0 aliphatic carbocycles. The topological polar surface area (TPSA) is 26.3 Å². The van der Waals surface area contributed by atoms with E-state index in [2.05, 4.69) is 15.9 Å². The Kier molecular flexibility index (Phi) is 4.04. The van der Waals surface area contributed by atoms with Gasteiger partial charge in [0.05, 0.1) is 10.0 Å². The Morgan fingerprint density at radius 1 is 1.17 bits per heavy atom. The smallest absolute Gasteiger partial charge is 0.153 e. The highest BCUT2D eigenvalue weighted by Crippen LogP contribution is 2.33. The molecule has 0 aromatic heterocycles. The Bertz CT molecular complexity index is 596. The molecule has 0 aliphatic heterocycles. The molecule has 0 fully saturated rings. The third-order valence-electron chi connectivity index (χ3n) is 2.41. The normalized spacial score (nSPS) is 10.2. The number of rotatable bonds is 3. The zero-order chi connectivity index (χ0) is 13.1. The van der Waals surface area contributed by atoms with Gasteiger partial charge in [0.25, 0.3) is 0 Å². The van der Waals surface area contributed by atoms with E-state index < -0.39 is 0 Å². The standard InChI is InChI=1S/C14H10BrClO2/c1-9-2-5-13(12(15)6-9)18-14-7-11(16)4-3-10(14)8-17/h2-8H,1H3.